The van der Waals surface area contributed by atoms with E-state index >= 15 is 0 Å². The third kappa shape index (κ3) is 5.38. The number of thioether (sulfide) groups is 1. The first-order valence-corrected chi connectivity index (χ1v) is 10.7. The number of amides is 1. The predicted molar refractivity (Wildman–Crippen MR) is 119 cm³/mol. The lowest BCUT2D eigenvalue weighted by Crippen LogP contribution is -2.36. The van der Waals surface area contributed by atoms with E-state index in [1.54, 1.807) is 4.52 Å². The summed E-state index contributed by atoms with van der Waals surface area (Å²) in [6.07, 6.45) is 7.58. The van der Waals surface area contributed by atoms with Gasteiger partial charge in [0, 0.05) is 19.3 Å². The van der Waals surface area contributed by atoms with Gasteiger partial charge in [0.2, 0.25) is 5.91 Å². The Balaban J connectivity index is 0.00000136. The van der Waals surface area contributed by atoms with Crippen molar-refractivity contribution in [1.82, 2.24) is 19.5 Å². The van der Waals surface area contributed by atoms with Gasteiger partial charge in [0.05, 0.1) is 17.0 Å². The Bertz CT molecular complexity index is 865. The van der Waals surface area contributed by atoms with E-state index in [9.17, 15) is 4.79 Å². The molecule has 3 rings (SSSR count). The average molecular weight is 402 g/mol. The molecule has 1 fully saturated rings. The molecule has 1 aliphatic rings. The normalized spacial score (nSPS) is 14.6. The Morgan fingerprint density at radius 3 is 2.64 bits per heavy atom. The van der Waals surface area contributed by atoms with Crippen molar-refractivity contribution >= 4 is 33.9 Å². The van der Waals surface area contributed by atoms with E-state index in [2.05, 4.69) is 16.7 Å². The number of rotatable bonds is 5. The first-order chi connectivity index (χ1) is 13.5. The Morgan fingerprint density at radius 2 is 2.00 bits per heavy atom. The Labute approximate surface area is 171 Å². The lowest BCUT2D eigenvalue weighted by atomic mass is 10.1. The van der Waals surface area contributed by atoms with Crippen molar-refractivity contribution < 1.29 is 4.79 Å². The molecular formula is C21H31N5OS. The highest BCUT2D eigenvalue weighted by Gasteiger charge is 2.18. The van der Waals surface area contributed by atoms with E-state index in [0.29, 0.717) is 23.6 Å². The summed E-state index contributed by atoms with van der Waals surface area (Å²) in [6, 6.07) is 1.82. The molecule has 0 atom stereocenters. The monoisotopic (exact) mass is 401 g/mol. The Hall–Kier alpha value is -2.28. The van der Waals surface area contributed by atoms with Gasteiger partial charge in [-0.1, -0.05) is 38.3 Å². The zero-order valence-electron chi connectivity index (χ0n) is 17.4. The summed E-state index contributed by atoms with van der Waals surface area (Å²) in [4.78, 5) is 20.8. The number of nitrogen functional groups attached to an aromatic ring is 1. The molecule has 0 spiro atoms. The molecule has 7 heteroatoms. The zero-order chi connectivity index (χ0) is 20.7. The summed E-state index contributed by atoms with van der Waals surface area (Å²) < 4.78 is 1.65. The van der Waals surface area contributed by atoms with Gasteiger partial charge in [0.25, 0.3) is 0 Å². The number of nitrogens with zero attached hydrogens (tertiary/aromatic N) is 4. The largest absolute Gasteiger partial charge is 0.396 e. The van der Waals surface area contributed by atoms with Crippen LogP contribution in [-0.2, 0) is 11.2 Å². The van der Waals surface area contributed by atoms with Crippen LogP contribution in [0.4, 0.5) is 5.69 Å². The maximum Gasteiger partial charge on any atom is 0.227 e. The zero-order valence-corrected chi connectivity index (χ0v) is 18.2. The van der Waals surface area contributed by atoms with Crippen molar-refractivity contribution in [3.63, 3.8) is 0 Å². The van der Waals surface area contributed by atoms with Gasteiger partial charge in [-0.3, -0.25) is 4.79 Å². The Kier molecular flexibility index (Phi) is 8.11. The number of fused-ring (bicyclic) bond motifs is 1. The molecule has 2 N–H and O–H groups in total. The lowest BCUT2D eigenvalue weighted by molar-refractivity contribution is -0.131. The van der Waals surface area contributed by atoms with Crippen molar-refractivity contribution in [3.05, 3.63) is 41.2 Å². The fourth-order valence-corrected chi connectivity index (χ4v) is 3.70. The fourth-order valence-electron chi connectivity index (χ4n) is 3.01. The van der Waals surface area contributed by atoms with Crippen LogP contribution >= 0.6 is 11.8 Å². The molecule has 1 aliphatic heterocycles. The number of aromatic nitrogens is 3. The van der Waals surface area contributed by atoms with E-state index in [1.165, 1.54) is 18.2 Å². The third-order valence-corrected chi connectivity index (χ3v) is 5.51. The summed E-state index contributed by atoms with van der Waals surface area (Å²) in [5.41, 5.74) is 8.12. The second-order valence-corrected chi connectivity index (χ2v) is 7.89. The van der Waals surface area contributed by atoms with Crippen LogP contribution in [0.5, 0.6) is 0 Å². The molecule has 0 aliphatic carbocycles. The minimum absolute atomic E-state index is 0.146. The maximum absolute atomic E-state index is 12.5. The van der Waals surface area contributed by atoms with Gasteiger partial charge in [0.15, 0.2) is 11.5 Å². The molecule has 6 nitrogen and oxygen atoms in total. The van der Waals surface area contributed by atoms with Crippen molar-refractivity contribution in [2.24, 2.45) is 0 Å². The molecule has 0 bridgehead atoms. The summed E-state index contributed by atoms with van der Waals surface area (Å²) in [5, 5.41) is 4.49. The molecule has 152 valence electrons. The standard InChI is InChI=1S/C19H25N5OS.C2H6/c1-4-13(2)26-14(3)18-21-19-16(20)10-15(12-24(19)22-18)11-17(25)23-8-6-5-7-9-23;1-2/h4,10,12H,3,5-9,11,20H2,1-2H3;1-2H3/b13-4-;. The van der Waals surface area contributed by atoms with Gasteiger partial charge in [0.1, 0.15) is 0 Å². The van der Waals surface area contributed by atoms with Crippen LogP contribution < -0.4 is 5.73 Å². The first-order valence-electron chi connectivity index (χ1n) is 9.90. The van der Waals surface area contributed by atoms with E-state index in [4.69, 9.17) is 5.73 Å². The smallest absolute Gasteiger partial charge is 0.227 e. The van der Waals surface area contributed by atoms with E-state index in [0.717, 1.165) is 41.3 Å². The van der Waals surface area contributed by atoms with Crippen LogP contribution in [0, 0.1) is 0 Å². The summed E-state index contributed by atoms with van der Waals surface area (Å²) >= 11 is 1.53. The number of allylic oxidation sites excluding steroid dienone is 2. The van der Waals surface area contributed by atoms with Gasteiger partial charge >= 0.3 is 0 Å². The number of hydrogen-bond donors (Lipinski definition) is 1. The van der Waals surface area contributed by atoms with Crippen LogP contribution in [0.1, 0.15) is 58.3 Å². The van der Waals surface area contributed by atoms with E-state index < -0.39 is 0 Å². The number of carbonyl (C=O) groups is 1. The quantitative estimate of drug-likeness (QED) is 0.797. The number of carbonyl (C=O) groups excluding carboxylic acids is 1. The molecular weight excluding hydrogens is 370 g/mol. The molecule has 28 heavy (non-hydrogen) atoms. The fraction of sp³-hybridized carbons (Fsp3) is 0.476. The van der Waals surface area contributed by atoms with E-state index in [1.807, 2.05) is 50.9 Å². The second-order valence-electron chi connectivity index (χ2n) is 6.55. The highest BCUT2D eigenvalue weighted by molar-refractivity contribution is 8.11. The summed E-state index contributed by atoms with van der Waals surface area (Å²) in [6.45, 7) is 13.8. The van der Waals surface area contributed by atoms with Crippen molar-refractivity contribution in [1.29, 1.82) is 0 Å². The lowest BCUT2D eigenvalue weighted by Gasteiger charge is -2.26. The third-order valence-electron chi connectivity index (χ3n) is 4.52. The van der Waals surface area contributed by atoms with Crippen LogP contribution in [-0.4, -0.2) is 38.5 Å². The molecule has 1 saturated heterocycles. The van der Waals surface area contributed by atoms with Crippen molar-refractivity contribution in [3.8, 4) is 0 Å². The molecule has 2 aromatic heterocycles. The number of anilines is 1. The Morgan fingerprint density at radius 1 is 1.32 bits per heavy atom. The maximum atomic E-state index is 12.5. The van der Waals surface area contributed by atoms with Crippen LogP contribution in [0.25, 0.3) is 10.6 Å². The van der Waals surface area contributed by atoms with Gasteiger partial charge in [-0.15, -0.1) is 5.10 Å². The second kappa shape index (κ2) is 10.3. The predicted octanol–water partition coefficient (Wildman–Crippen LogP) is 4.52. The van der Waals surface area contributed by atoms with Crippen LogP contribution in [0.2, 0.25) is 0 Å². The first kappa shape index (κ1) is 22.0. The van der Waals surface area contributed by atoms with Gasteiger partial charge in [-0.25, -0.2) is 9.50 Å². The molecule has 0 radical (unpaired) electrons. The van der Waals surface area contributed by atoms with E-state index in [-0.39, 0.29) is 5.91 Å². The highest BCUT2D eigenvalue weighted by Crippen LogP contribution is 2.30. The molecule has 0 unspecified atom stereocenters. The number of piperidine rings is 1. The molecule has 0 saturated carbocycles. The molecule has 2 aromatic rings. The molecule has 0 aromatic carbocycles. The van der Waals surface area contributed by atoms with Gasteiger partial charge in [-0.2, -0.15) is 0 Å². The number of hydrogen-bond acceptors (Lipinski definition) is 5. The molecule has 3 heterocycles. The van der Waals surface area contributed by atoms with Crippen LogP contribution in [0.3, 0.4) is 0 Å². The summed E-state index contributed by atoms with van der Waals surface area (Å²) in [5.74, 6) is 0.704. The number of nitrogens with two attached hydrogens (primary N) is 1. The SMILES string of the molecule is C=C(S/C(C)=C\C)c1nc2c(N)cc(CC(=O)N3CCCCC3)cn2n1.CC. The highest BCUT2D eigenvalue weighted by atomic mass is 32.2. The van der Waals surface area contributed by atoms with Gasteiger partial charge < -0.3 is 10.6 Å². The minimum atomic E-state index is 0.146. The van der Waals surface area contributed by atoms with Crippen molar-refractivity contribution in [2.75, 3.05) is 18.8 Å². The van der Waals surface area contributed by atoms with Gasteiger partial charge in [-0.05, 0) is 49.6 Å². The molecule has 1 amide bonds. The number of likely N-dealkylation sites (tertiary alicyclic amines) is 1. The minimum Gasteiger partial charge on any atom is -0.396 e. The topological polar surface area (TPSA) is 76.5 Å². The number of pyridine rings is 1. The summed E-state index contributed by atoms with van der Waals surface area (Å²) in [7, 11) is 0. The van der Waals surface area contributed by atoms with Crippen molar-refractivity contribution in [2.45, 2.75) is 53.4 Å². The average Bonchev–Trinajstić information content (AvgIpc) is 3.15. The van der Waals surface area contributed by atoms with Crippen LogP contribution in [0.15, 0.2) is 29.8 Å².